The van der Waals surface area contributed by atoms with Gasteiger partial charge in [0.25, 0.3) is 0 Å². The standard InChI is InChI=1S/C18H33N5O4/c1-11(2)15(16(20)25)22-17(26)14-8-6-10-23(14)18(27)13(21-12(3)24)7-4-5-9-19/h11,13-15H,4-10,19H2,1-3H3,(H2,20,25)(H,21,24)(H,22,26)/t13-,14+,15+/m1/s1. The summed E-state index contributed by atoms with van der Waals surface area (Å²) in [5, 5.41) is 5.34. The second kappa shape index (κ2) is 10.9. The first-order valence-electron chi connectivity index (χ1n) is 9.56. The molecule has 1 saturated heterocycles. The minimum atomic E-state index is -0.786. The molecule has 1 fully saturated rings. The van der Waals surface area contributed by atoms with Crippen LogP contribution < -0.4 is 22.1 Å². The first-order valence-corrected chi connectivity index (χ1v) is 9.56. The van der Waals surface area contributed by atoms with E-state index in [0.29, 0.717) is 38.8 Å². The van der Waals surface area contributed by atoms with Gasteiger partial charge in [0.15, 0.2) is 0 Å². The zero-order chi connectivity index (χ0) is 20.6. The lowest BCUT2D eigenvalue weighted by Gasteiger charge is -2.30. The van der Waals surface area contributed by atoms with Crippen LogP contribution in [0, 0.1) is 5.92 Å². The van der Waals surface area contributed by atoms with Crippen molar-refractivity contribution in [2.75, 3.05) is 13.1 Å². The Morgan fingerprint density at radius 1 is 1.15 bits per heavy atom. The lowest BCUT2D eigenvalue weighted by Crippen LogP contribution is -2.56. The predicted octanol–water partition coefficient (Wildman–Crippen LogP) is -0.763. The molecule has 4 amide bonds. The van der Waals surface area contributed by atoms with Crippen LogP contribution in [0.3, 0.4) is 0 Å². The van der Waals surface area contributed by atoms with Crippen molar-refractivity contribution in [3.63, 3.8) is 0 Å². The molecule has 0 aromatic carbocycles. The highest BCUT2D eigenvalue weighted by Gasteiger charge is 2.38. The topological polar surface area (TPSA) is 148 Å². The number of carbonyl (C=O) groups excluding carboxylic acids is 4. The number of primary amides is 1. The number of unbranched alkanes of at least 4 members (excludes halogenated alkanes) is 1. The number of amides is 4. The van der Waals surface area contributed by atoms with Crippen molar-refractivity contribution in [1.29, 1.82) is 0 Å². The SMILES string of the molecule is CC(=O)N[C@H](CCCCN)C(=O)N1CCC[C@H]1C(=O)N[C@H](C(N)=O)C(C)C. The minimum Gasteiger partial charge on any atom is -0.368 e. The quantitative estimate of drug-likeness (QED) is 0.366. The Bertz CT molecular complexity index is 552. The van der Waals surface area contributed by atoms with Gasteiger partial charge < -0.3 is 27.0 Å². The molecule has 0 radical (unpaired) electrons. The largest absolute Gasteiger partial charge is 0.368 e. The van der Waals surface area contributed by atoms with Gasteiger partial charge in [-0.1, -0.05) is 13.8 Å². The monoisotopic (exact) mass is 383 g/mol. The van der Waals surface area contributed by atoms with Crippen LogP contribution in [0.5, 0.6) is 0 Å². The molecule has 1 heterocycles. The van der Waals surface area contributed by atoms with Gasteiger partial charge in [-0.15, -0.1) is 0 Å². The fourth-order valence-electron chi connectivity index (χ4n) is 3.31. The van der Waals surface area contributed by atoms with Gasteiger partial charge >= 0.3 is 0 Å². The number of rotatable bonds is 10. The third-order valence-electron chi connectivity index (χ3n) is 4.73. The van der Waals surface area contributed by atoms with Crippen LogP contribution in [0.1, 0.15) is 52.9 Å². The molecule has 27 heavy (non-hydrogen) atoms. The summed E-state index contributed by atoms with van der Waals surface area (Å²) < 4.78 is 0. The fraction of sp³-hybridized carbons (Fsp3) is 0.778. The second-order valence-corrected chi connectivity index (χ2v) is 7.36. The molecule has 0 bridgehead atoms. The van der Waals surface area contributed by atoms with Crippen LogP contribution in [-0.4, -0.2) is 59.7 Å². The smallest absolute Gasteiger partial charge is 0.245 e. The molecular formula is C18H33N5O4. The van der Waals surface area contributed by atoms with Crippen molar-refractivity contribution in [1.82, 2.24) is 15.5 Å². The van der Waals surface area contributed by atoms with E-state index in [1.165, 1.54) is 11.8 Å². The number of likely N-dealkylation sites (tertiary alicyclic amines) is 1. The Hall–Kier alpha value is -2.16. The molecule has 1 rings (SSSR count). The molecule has 3 atom stereocenters. The molecule has 9 nitrogen and oxygen atoms in total. The zero-order valence-electron chi connectivity index (χ0n) is 16.5. The lowest BCUT2D eigenvalue weighted by molar-refractivity contribution is -0.142. The Balaban J connectivity index is 2.85. The van der Waals surface area contributed by atoms with Crippen molar-refractivity contribution >= 4 is 23.6 Å². The summed E-state index contributed by atoms with van der Waals surface area (Å²) in [4.78, 5) is 50.1. The van der Waals surface area contributed by atoms with Gasteiger partial charge in [0.05, 0.1) is 0 Å². The Morgan fingerprint density at radius 2 is 1.81 bits per heavy atom. The first-order chi connectivity index (χ1) is 12.7. The molecule has 0 saturated carbocycles. The van der Waals surface area contributed by atoms with Gasteiger partial charge in [-0.3, -0.25) is 19.2 Å². The van der Waals surface area contributed by atoms with Crippen LogP contribution in [0.25, 0.3) is 0 Å². The Morgan fingerprint density at radius 3 is 2.33 bits per heavy atom. The maximum Gasteiger partial charge on any atom is 0.245 e. The van der Waals surface area contributed by atoms with Crippen LogP contribution in [0.2, 0.25) is 0 Å². The van der Waals surface area contributed by atoms with Crippen LogP contribution in [0.4, 0.5) is 0 Å². The summed E-state index contributed by atoms with van der Waals surface area (Å²) >= 11 is 0. The Labute approximate surface area is 160 Å². The van der Waals surface area contributed by atoms with Crippen molar-refractivity contribution in [2.45, 2.75) is 71.0 Å². The van der Waals surface area contributed by atoms with Gasteiger partial charge in [0, 0.05) is 13.5 Å². The fourth-order valence-corrected chi connectivity index (χ4v) is 3.31. The van der Waals surface area contributed by atoms with E-state index in [1.807, 2.05) is 0 Å². The van der Waals surface area contributed by atoms with E-state index in [2.05, 4.69) is 10.6 Å². The molecule has 0 spiro atoms. The van der Waals surface area contributed by atoms with Crippen molar-refractivity contribution in [3.05, 3.63) is 0 Å². The van der Waals surface area contributed by atoms with Gasteiger partial charge in [-0.25, -0.2) is 0 Å². The summed E-state index contributed by atoms with van der Waals surface area (Å²) in [6.07, 6.45) is 3.12. The second-order valence-electron chi connectivity index (χ2n) is 7.36. The maximum atomic E-state index is 13.0. The molecule has 1 aliphatic heterocycles. The molecule has 0 aromatic heterocycles. The summed E-state index contributed by atoms with van der Waals surface area (Å²) in [5.41, 5.74) is 10.9. The van der Waals surface area contributed by atoms with E-state index in [9.17, 15) is 19.2 Å². The van der Waals surface area contributed by atoms with E-state index >= 15 is 0 Å². The average molecular weight is 383 g/mol. The predicted molar refractivity (Wildman–Crippen MR) is 101 cm³/mol. The number of nitrogens with one attached hydrogen (secondary N) is 2. The summed E-state index contributed by atoms with van der Waals surface area (Å²) in [6, 6.07) is -2.13. The van der Waals surface area contributed by atoms with E-state index in [4.69, 9.17) is 11.5 Å². The third kappa shape index (κ3) is 6.82. The van der Waals surface area contributed by atoms with E-state index < -0.39 is 24.0 Å². The molecule has 6 N–H and O–H groups in total. The first kappa shape index (κ1) is 22.9. The number of nitrogens with two attached hydrogens (primary N) is 2. The van der Waals surface area contributed by atoms with E-state index in [-0.39, 0.29) is 23.6 Å². The summed E-state index contributed by atoms with van der Waals surface area (Å²) in [7, 11) is 0. The summed E-state index contributed by atoms with van der Waals surface area (Å²) in [6.45, 7) is 5.89. The molecule has 1 aliphatic rings. The molecule has 154 valence electrons. The third-order valence-corrected chi connectivity index (χ3v) is 4.73. The number of carbonyl (C=O) groups is 4. The lowest BCUT2D eigenvalue weighted by atomic mass is 10.0. The molecule has 0 aromatic rings. The zero-order valence-corrected chi connectivity index (χ0v) is 16.5. The summed E-state index contributed by atoms with van der Waals surface area (Å²) in [5.74, 6) is -1.72. The van der Waals surface area contributed by atoms with Gasteiger partial charge in [0.1, 0.15) is 18.1 Å². The van der Waals surface area contributed by atoms with Crippen molar-refractivity contribution in [2.24, 2.45) is 17.4 Å². The highest BCUT2D eigenvalue weighted by Crippen LogP contribution is 2.20. The highest BCUT2D eigenvalue weighted by molar-refractivity contribution is 5.94. The molecule has 9 heteroatoms. The molecule has 0 unspecified atom stereocenters. The Kier molecular flexibility index (Phi) is 9.20. The average Bonchev–Trinajstić information content (AvgIpc) is 3.06. The van der Waals surface area contributed by atoms with Gasteiger partial charge in [-0.05, 0) is 44.6 Å². The van der Waals surface area contributed by atoms with Gasteiger partial charge in [-0.2, -0.15) is 0 Å². The maximum absolute atomic E-state index is 13.0. The van der Waals surface area contributed by atoms with Crippen molar-refractivity contribution in [3.8, 4) is 0 Å². The van der Waals surface area contributed by atoms with Crippen molar-refractivity contribution < 1.29 is 19.2 Å². The van der Waals surface area contributed by atoms with Crippen LogP contribution in [0.15, 0.2) is 0 Å². The van der Waals surface area contributed by atoms with Crippen LogP contribution >= 0.6 is 0 Å². The normalized spacial score (nSPS) is 18.9. The van der Waals surface area contributed by atoms with E-state index in [1.54, 1.807) is 13.8 Å². The number of hydrogen-bond acceptors (Lipinski definition) is 5. The van der Waals surface area contributed by atoms with E-state index in [0.717, 1.165) is 6.42 Å². The molecular weight excluding hydrogens is 350 g/mol. The van der Waals surface area contributed by atoms with Crippen LogP contribution in [-0.2, 0) is 19.2 Å². The number of hydrogen-bond donors (Lipinski definition) is 4. The number of nitrogens with zero attached hydrogens (tertiary/aromatic N) is 1. The molecule has 0 aliphatic carbocycles. The van der Waals surface area contributed by atoms with Gasteiger partial charge in [0.2, 0.25) is 23.6 Å². The minimum absolute atomic E-state index is 0.152. The highest BCUT2D eigenvalue weighted by atomic mass is 16.2.